The molecule has 0 saturated carbocycles. The van der Waals surface area contributed by atoms with Gasteiger partial charge in [-0.25, -0.2) is 0 Å². The fourth-order valence-electron chi connectivity index (χ4n) is 2.19. The number of rotatable bonds is 5. The number of nitrogens with zero attached hydrogens (tertiary/aromatic N) is 2. The molecule has 0 bridgehead atoms. The van der Waals surface area contributed by atoms with Crippen LogP contribution in [0.4, 0.5) is 5.69 Å². The summed E-state index contributed by atoms with van der Waals surface area (Å²) in [5.74, 6) is -0.0511. The van der Waals surface area contributed by atoms with Crippen molar-refractivity contribution in [1.82, 2.24) is 10.2 Å². The molecule has 106 valence electrons. The molecule has 0 atom stereocenters. The van der Waals surface area contributed by atoms with Crippen LogP contribution in [0, 0.1) is 0 Å². The van der Waals surface area contributed by atoms with Gasteiger partial charge in [0.2, 0.25) is 11.8 Å². The number of nitrogens with one attached hydrogen (secondary N) is 1. The number of piperazine rings is 1. The molecule has 0 aliphatic carbocycles. The van der Waals surface area contributed by atoms with Crippen molar-refractivity contribution in [2.75, 3.05) is 37.6 Å². The molecule has 20 heavy (non-hydrogen) atoms. The molecule has 1 N–H and O–H groups in total. The minimum atomic E-state index is -0.0287. The summed E-state index contributed by atoms with van der Waals surface area (Å²) < 4.78 is 0. The second-order valence-corrected chi connectivity index (χ2v) is 4.69. The third-order valence-corrected chi connectivity index (χ3v) is 3.16. The normalized spacial score (nSPS) is 15.5. The summed E-state index contributed by atoms with van der Waals surface area (Å²) in [4.78, 5) is 27.3. The maximum absolute atomic E-state index is 12.4. The minimum Gasteiger partial charge on any atom is -0.354 e. The number of carbonyl (C=O) groups excluding carboxylic acids is 2. The highest BCUT2D eigenvalue weighted by Gasteiger charge is 2.22. The number of anilines is 1. The molecule has 1 heterocycles. The summed E-state index contributed by atoms with van der Waals surface area (Å²) in [5, 5.41) is 2.75. The monoisotopic (exact) mass is 273 g/mol. The lowest BCUT2D eigenvalue weighted by molar-refractivity contribution is -0.126. The molecule has 1 aliphatic heterocycles. The number of benzene rings is 1. The van der Waals surface area contributed by atoms with Crippen molar-refractivity contribution in [2.24, 2.45) is 0 Å². The maximum atomic E-state index is 12.4. The summed E-state index contributed by atoms with van der Waals surface area (Å²) in [5.41, 5.74) is 0.846. The molecule has 0 unspecified atom stereocenters. The lowest BCUT2D eigenvalue weighted by atomic mass is 10.2. The summed E-state index contributed by atoms with van der Waals surface area (Å²) in [6.07, 6.45) is 1.70. The van der Waals surface area contributed by atoms with Gasteiger partial charge < -0.3 is 10.2 Å². The summed E-state index contributed by atoms with van der Waals surface area (Å²) in [7, 11) is 0. The smallest absolute Gasteiger partial charge is 0.241 e. The van der Waals surface area contributed by atoms with Gasteiger partial charge in [-0.05, 0) is 12.1 Å². The van der Waals surface area contributed by atoms with Gasteiger partial charge in [0, 0.05) is 25.3 Å². The van der Waals surface area contributed by atoms with Crippen LogP contribution in [-0.2, 0) is 9.59 Å². The molecule has 0 spiro atoms. The average molecular weight is 273 g/mol. The van der Waals surface area contributed by atoms with Crippen LogP contribution in [0.25, 0.3) is 0 Å². The molecular weight excluding hydrogens is 254 g/mol. The molecule has 5 nitrogen and oxygen atoms in total. The van der Waals surface area contributed by atoms with E-state index in [-0.39, 0.29) is 24.9 Å². The zero-order chi connectivity index (χ0) is 14.4. The van der Waals surface area contributed by atoms with E-state index in [0.717, 1.165) is 5.69 Å². The lowest BCUT2D eigenvalue weighted by Crippen LogP contribution is -2.51. The Hall–Kier alpha value is -2.14. The van der Waals surface area contributed by atoms with Gasteiger partial charge in [-0.15, -0.1) is 6.58 Å². The van der Waals surface area contributed by atoms with Crippen molar-refractivity contribution < 1.29 is 9.59 Å². The van der Waals surface area contributed by atoms with Crippen LogP contribution in [0.15, 0.2) is 43.0 Å². The fraction of sp³-hybridized carbons (Fsp3) is 0.333. The predicted molar refractivity (Wildman–Crippen MR) is 78.4 cm³/mol. The van der Waals surface area contributed by atoms with E-state index in [0.29, 0.717) is 19.6 Å². The first-order chi connectivity index (χ1) is 9.70. The molecule has 2 rings (SSSR count). The molecule has 1 fully saturated rings. The fourth-order valence-corrected chi connectivity index (χ4v) is 2.19. The van der Waals surface area contributed by atoms with Crippen molar-refractivity contribution in [3.63, 3.8) is 0 Å². The molecule has 5 heteroatoms. The SMILES string of the molecule is C=CCN(C(=O)CN1CCNC(=O)C1)c1ccccc1. The summed E-state index contributed by atoms with van der Waals surface area (Å²) >= 11 is 0. The van der Waals surface area contributed by atoms with Crippen molar-refractivity contribution in [3.8, 4) is 0 Å². The highest BCUT2D eigenvalue weighted by atomic mass is 16.2. The zero-order valence-corrected chi connectivity index (χ0v) is 11.4. The van der Waals surface area contributed by atoms with Gasteiger partial charge in [0.25, 0.3) is 0 Å². The largest absolute Gasteiger partial charge is 0.354 e. The summed E-state index contributed by atoms with van der Waals surface area (Å²) in [6.45, 7) is 5.98. The Morgan fingerprint density at radius 3 is 2.80 bits per heavy atom. The van der Waals surface area contributed by atoms with Crippen LogP contribution in [0.5, 0.6) is 0 Å². The van der Waals surface area contributed by atoms with Gasteiger partial charge in [0.05, 0.1) is 13.1 Å². The third kappa shape index (κ3) is 3.68. The Labute approximate surface area is 118 Å². The van der Waals surface area contributed by atoms with Crippen LogP contribution in [-0.4, -0.2) is 49.4 Å². The van der Waals surface area contributed by atoms with Gasteiger partial charge in [-0.1, -0.05) is 24.3 Å². The van der Waals surface area contributed by atoms with Crippen LogP contribution >= 0.6 is 0 Å². The van der Waals surface area contributed by atoms with Crippen molar-refractivity contribution in [2.45, 2.75) is 0 Å². The number of amides is 2. The van der Waals surface area contributed by atoms with Crippen LogP contribution < -0.4 is 10.2 Å². The molecule has 1 aromatic carbocycles. The first-order valence-corrected chi connectivity index (χ1v) is 6.66. The van der Waals surface area contributed by atoms with Crippen molar-refractivity contribution in [1.29, 1.82) is 0 Å². The highest BCUT2D eigenvalue weighted by molar-refractivity contribution is 5.95. The second kappa shape index (κ2) is 6.86. The van der Waals surface area contributed by atoms with E-state index in [1.54, 1.807) is 11.0 Å². The first kappa shape index (κ1) is 14.3. The lowest BCUT2D eigenvalue weighted by Gasteiger charge is -2.29. The number of hydrogen-bond acceptors (Lipinski definition) is 3. The molecule has 2 amide bonds. The van der Waals surface area contributed by atoms with E-state index >= 15 is 0 Å². The topological polar surface area (TPSA) is 52.7 Å². The molecule has 0 radical (unpaired) electrons. The van der Waals surface area contributed by atoms with E-state index in [4.69, 9.17) is 0 Å². The van der Waals surface area contributed by atoms with Crippen molar-refractivity contribution >= 4 is 17.5 Å². The van der Waals surface area contributed by atoms with E-state index in [1.165, 1.54) is 0 Å². The van der Waals surface area contributed by atoms with Gasteiger partial charge in [-0.2, -0.15) is 0 Å². The van der Waals surface area contributed by atoms with Crippen LogP contribution in [0.3, 0.4) is 0 Å². The van der Waals surface area contributed by atoms with Gasteiger partial charge in [-0.3, -0.25) is 14.5 Å². The first-order valence-electron chi connectivity index (χ1n) is 6.66. The molecule has 1 aliphatic rings. The number of para-hydroxylation sites is 1. The van der Waals surface area contributed by atoms with Gasteiger partial charge in [0.1, 0.15) is 0 Å². The quantitative estimate of drug-likeness (QED) is 0.801. The van der Waals surface area contributed by atoms with E-state index in [1.807, 2.05) is 35.2 Å². The second-order valence-electron chi connectivity index (χ2n) is 4.69. The molecular formula is C15H19N3O2. The third-order valence-electron chi connectivity index (χ3n) is 3.16. The Morgan fingerprint density at radius 1 is 1.40 bits per heavy atom. The van der Waals surface area contributed by atoms with E-state index in [2.05, 4.69) is 11.9 Å². The minimum absolute atomic E-state index is 0.0224. The molecule has 1 aromatic rings. The van der Waals surface area contributed by atoms with Crippen LogP contribution in [0.2, 0.25) is 0 Å². The van der Waals surface area contributed by atoms with Crippen LogP contribution in [0.1, 0.15) is 0 Å². The Bertz CT molecular complexity index is 487. The molecule has 0 aromatic heterocycles. The highest BCUT2D eigenvalue weighted by Crippen LogP contribution is 2.13. The number of hydrogen-bond donors (Lipinski definition) is 1. The van der Waals surface area contributed by atoms with Gasteiger partial charge in [0.15, 0.2) is 0 Å². The molecule has 1 saturated heterocycles. The Balaban J connectivity index is 2.03. The Kier molecular flexibility index (Phi) is 4.90. The van der Waals surface area contributed by atoms with E-state index in [9.17, 15) is 9.59 Å². The van der Waals surface area contributed by atoms with Gasteiger partial charge >= 0.3 is 0 Å². The number of carbonyl (C=O) groups is 2. The standard InChI is InChI=1S/C15H19N3O2/c1-2-9-18(13-6-4-3-5-7-13)15(20)12-17-10-8-16-14(19)11-17/h2-7H,1,8-12H2,(H,16,19). The summed E-state index contributed by atoms with van der Waals surface area (Å²) in [6, 6.07) is 9.49. The maximum Gasteiger partial charge on any atom is 0.241 e. The van der Waals surface area contributed by atoms with E-state index < -0.39 is 0 Å². The predicted octanol–water partition coefficient (Wildman–Crippen LogP) is 0.637. The Morgan fingerprint density at radius 2 is 2.15 bits per heavy atom. The van der Waals surface area contributed by atoms with Crippen molar-refractivity contribution in [3.05, 3.63) is 43.0 Å². The zero-order valence-electron chi connectivity index (χ0n) is 11.4. The average Bonchev–Trinajstić information content (AvgIpc) is 2.45.